The van der Waals surface area contributed by atoms with Gasteiger partial charge in [-0.15, -0.1) is 0 Å². The molecule has 0 saturated carbocycles. The van der Waals surface area contributed by atoms with E-state index in [-0.39, 0.29) is 12.3 Å². The predicted molar refractivity (Wildman–Crippen MR) is 63.9 cm³/mol. The number of unbranched alkanes of at least 4 members (excludes halogenated alkanes) is 2. The SMILES string of the molecule is Cn1cccc1C(=O)NCCCCCC(=O)O. The van der Waals surface area contributed by atoms with Crippen LogP contribution in [0.2, 0.25) is 0 Å². The number of rotatable bonds is 7. The monoisotopic (exact) mass is 238 g/mol. The van der Waals surface area contributed by atoms with Crippen LogP contribution in [0.3, 0.4) is 0 Å². The first-order valence-electron chi connectivity index (χ1n) is 5.72. The lowest BCUT2D eigenvalue weighted by atomic mass is 10.2. The zero-order valence-electron chi connectivity index (χ0n) is 9.98. The van der Waals surface area contributed by atoms with Gasteiger partial charge in [0.2, 0.25) is 0 Å². The maximum absolute atomic E-state index is 11.6. The first-order chi connectivity index (χ1) is 8.11. The Labute approximate surface area is 100 Å². The Morgan fingerprint density at radius 2 is 2.12 bits per heavy atom. The number of hydrogen-bond acceptors (Lipinski definition) is 2. The zero-order valence-corrected chi connectivity index (χ0v) is 9.98. The summed E-state index contributed by atoms with van der Waals surface area (Å²) in [7, 11) is 1.82. The Morgan fingerprint density at radius 1 is 1.35 bits per heavy atom. The molecular weight excluding hydrogens is 220 g/mol. The van der Waals surface area contributed by atoms with Gasteiger partial charge in [0.25, 0.3) is 5.91 Å². The average molecular weight is 238 g/mol. The molecular formula is C12H18N2O3. The van der Waals surface area contributed by atoms with Crippen molar-refractivity contribution in [1.29, 1.82) is 0 Å². The van der Waals surface area contributed by atoms with Crippen molar-refractivity contribution in [1.82, 2.24) is 9.88 Å². The standard InChI is InChI=1S/C12H18N2O3/c1-14-9-5-6-10(14)12(17)13-8-4-2-3-7-11(15)16/h5-6,9H,2-4,7-8H2,1H3,(H,13,17)(H,15,16). The number of amides is 1. The number of hydrogen-bond donors (Lipinski definition) is 2. The lowest BCUT2D eigenvalue weighted by molar-refractivity contribution is -0.137. The fourth-order valence-corrected chi connectivity index (χ4v) is 1.57. The summed E-state index contributed by atoms with van der Waals surface area (Å²) >= 11 is 0. The van der Waals surface area contributed by atoms with Gasteiger partial charge in [0, 0.05) is 26.2 Å². The van der Waals surface area contributed by atoms with Gasteiger partial charge in [-0.05, 0) is 25.0 Å². The molecule has 1 heterocycles. The molecule has 94 valence electrons. The minimum Gasteiger partial charge on any atom is -0.481 e. The van der Waals surface area contributed by atoms with Gasteiger partial charge < -0.3 is 15.0 Å². The Hall–Kier alpha value is -1.78. The Morgan fingerprint density at radius 3 is 2.71 bits per heavy atom. The van der Waals surface area contributed by atoms with Crippen LogP contribution in [0.1, 0.15) is 36.2 Å². The maximum Gasteiger partial charge on any atom is 0.303 e. The van der Waals surface area contributed by atoms with Crippen molar-refractivity contribution in [2.24, 2.45) is 7.05 Å². The third-order valence-corrected chi connectivity index (χ3v) is 2.53. The van der Waals surface area contributed by atoms with Crippen molar-refractivity contribution in [2.45, 2.75) is 25.7 Å². The number of carbonyl (C=O) groups is 2. The average Bonchev–Trinajstić information content (AvgIpc) is 2.69. The first kappa shape index (κ1) is 13.3. The number of carbonyl (C=O) groups excluding carboxylic acids is 1. The van der Waals surface area contributed by atoms with Crippen molar-refractivity contribution in [2.75, 3.05) is 6.54 Å². The molecule has 17 heavy (non-hydrogen) atoms. The summed E-state index contributed by atoms with van der Waals surface area (Å²) in [5.41, 5.74) is 0.635. The minimum atomic E-state index is -0.766. The molecule has 0 radical (unpaired) electrons. The Balaban J connectivity index is 2.13. The van der Waals surface area contributed by atoms with Gasteiger partial charge >= 0.3 is 5.97 Å². The van der Waals surface area contributed by atoms with Crippen molar-refractivity contribution in [3.05, 3.63) is 24.0 Å². The van der Waals surface area contributed by atoms with E-state index in [0.717, 1.165) is 12.8 Å². The molecule has 0 spiro atoms. The lowest BCUT2D eigenvalue weighted by Crippen LogP contribution is -2.26. The predicted octanol–water partition coefficient (Wildman–Crippen LogP) is 1.40. The van der Waals surface area contributed by atoms with E-state index in [1.54, 1.807) is 10.6 Å². The normalized spacial score (nSPS) is 10.2. The molecule has 0 aliphatic carbocycles. The summed E-state index contributed by atoms with van der Waals surface area (Å²) in [6.45, 7) is 0.587. The summed E-state index contributed by atoms with van der Waals surface area (Å²) < 4.78 is 1.76. The van der Waals surface area contributed by atoms with E-state index in [2.05, 4.69) is 5.32 Å². The van der Waals surface area contributed by atoms with Crippen LogP contribution in [-0.4, -0.2) is 28.1 Å². The van der Waals surface area contributed by atoms with Crippen LogP contribution < -0.4 is 5.32 Å². The van der Waals surface area contributed by atoms with Crippen LogP contribution in [0.4, 0.5) is 0 Å². The molecule has 0 aliphatic rings. The topological polar surface area (TPSA) is 71.3 Å². The van der Waals surface area contributed by atoms with Crippen molar-refractivity contribution in [3.8, 4) is 0 Å². The van der Waals surface area contributed by atoms with Crippen molar-refractivity contribution in [3.63, 3.8) is 0 Å². The van der Waals surface area contributed by atoms with E-state index in [0.29, 0.717) is 18.7 Å². The highest BCUT2D eigenvalue weighted by Crippen LogP contribution is 2.01. The van der Waals surface area contributed by atoms with E-state index in [1.165, 1.54) is 0 Å². The summed E-state index contributed by atoms with van der Waals surface area (Å²) in [5, 5.41) is 11.2. The van der Waals surface area contributed by atoms with Gasteiger partial charge in [0.1, 0.15) is 5.69 Å². The van der Waals surface area contributed by atoms with Gasteiger partial charge in [-0.25, -0.2) is 0 Å². The second-order valence-corrected chi connectivity index (χ2v) is 3.96. The van der Waals surface area contributed by atoms with Crippen LogP contribution in [0.15, 0.2) is 18.3 Å². The maximum atomic E-state index is 11.6. The van der Waals surface area contributed by atoms with Gasteiger partial charge in [-0.3, -0.25) is 9.59 Å². The minimum absolute atomic E-state index is 0.0873. The molecule has 5 nitrogen and oxygen atoms in total. The van der Waals surface area contributed by atoms with Gasteiger partial charge in [-0.2, -0.15) is 0 Å². The van der Waals surface area contributed by atoms with Gasteiger partial charge in [0.15, 0.2) is 0 Å². The zero-order chi connectivity index (χ0) is 12.7. The molecule has 0 atom stereocenters. The highest BCUT2D eigenvalue weighted by Gasteiger charge is 2.07. The summed E-state index contributed by atoms with van der Waals surface area (Å²) in [4.78, 5) is 21.9. The molecule has 1 rings (SSSR count). The molecule has 1 aromatic rings. The second-order valence-electron chi connectivity index (χ2n) is 3.96. The molecule has 0 aromatic carbocycles. The number of carboxylic acid groups (broad SMARTS) is 1. The van der Waals surface area contributed by atoms with Gasteiger partial charge in [-0.1, -0.05) is 6.42 Å². The lowest BCUT2D eigenvalue weighted by Gasteiger charge is -2.05. The molecule has 0 saturated heterocycles. The smallest absolute Gasteiger partial charge is 0.303 e. The number of aryl methyl sites for hydroxylation is 1. The second kappa shape index (κ2) is 6.73. The van der Waals surface area contributed by atoms with Crippen LogP contribution in [0, 0.1) is 0 Å². The van der Waals surface area contributed by atoms with Crippen molar-refractivity contribution < 1.29 is 14.7 Å². The molecule has 5 heteroatoms. The Kier molecular flexibility index (Phi) is 5.26. The molecule has 1 amide bonds. The molecule has 1 aromatic heterocycles. The van der Waals surface area contributed by atoms with E-state index >= 15 is 0 Å². The quantitative estimate of drug-likeness (QED) is 0.705. The number of aromatic nitrogens is 1. The molecule has 0 unspecified atom stereocenters. The van der Waals surface area contributed by atoms with E-state index in [1.807, 2.05) is 19.3 Å². The fourth-order valence-electron chi connectivity index (χ4n) is 1.57. The molecule has 2 N–H and O–H groups in total. The van der Waals surface area contributed by atoms with Gasteiger partial charge in [0.05, 0.1) is 0 Å². The summed E-state index contributed by atoms with van der Waals surface area (Å²) in [6.07, 6.45) is 4.31. The van der Waals surface area contributed by atoms with Crippen LogP contribution in [-0.2, 0) is 11.8 Å². The first-order valence-corrected chi connectivity index (χ1v) is 5.72. The van der Waals surface area contributed by atoms with E-state index < -0.39 is 5.97 Å². The van der Waals surface area contributed by atoms with E-state index in [9.17, 15) is 9.59 Å². The number of nitrogens with one attached hydrogen (secondary N) is 1. The van der Waals surface area contributed by atoms with Crippen LogP contribution in [0.25, 0.3) is 0 Å². The van der Waals surface area contributed by atoms with E-state index in [4.69, 9.17) is 5.11 Å². The fraction of sp³-hybridized carbons (Fsp3) is 0.500. The number of carboxylic acids is 1. The largest absolute Gasteiger partial charge is 0.481 e. The third kappa shape index (κ3) is 4.72. The Bertz CT molecular complexity index is 385. The van der Waals surface area contributed by atoms with Crippen molar-refractivity contribution >= 4 is 11.9 Å². The van der Waals surface area contributed by atoms with Crippen LogP contribution >= 0.6 is 0 Å². The number of aliphatic carboxylic acids is 1. The summed E-state index contributed by atoms with van der Waals surface area (Å²) in [5.74, 6) is -0.853. The highest BCUT2D eigenvalue weighted by atomic mass is 16.4. The molecule has 0 aliphatic heterocycles. The van der Waals surface area contributed by atoms with Crippen LogP contribution in [0.5, 0.6) is 0 Å². The highest BCUT2D eigenvalue weighted by molar-refractivity contribution is 5.92. The number of nitrogens with zero attached hydrogens (tertiary/aromatic N) is 1. The molecule has 0 bridgehead atoms. The molecule has 0 fully saturated rings. The third-order valence-electron chi connectivity index (χ3n) is 2.53. The summed E-state index contributed by atoms with van der Waals surface area (Å²) in [6, 6.07) is 3.58.